The van der Waals surface area contributed by atoms with Crippen LogP contribution in [0.15, 0.2) is 22.9 Å². The second-order valence-electron chi connectivity index (χ2n) is 2.54. The molecule has 0 bridgehead atoms. The quantitative estimate of drug-likeness (QED) is 0.802. The number of nitrogens with two attached hydrogens (primary N) is 1. The number of nitrogens with one attached hydrogen (secondary N) is 1. The molecule has 6 heteroatoms. The van der Waals surface area contributed by atoms with Crippen molar-refractivity contribution in [1.29, 1.82) is 0 Å². The summed E-state index contributed by atoms with van der Waals surface area (Å²) in [7, 11) is 0. The Balaban J connectivity index is 2.65. The third kappa shape index (κ3) is 3.39. The van der Waals surface area contributed by atoms with Crippen molar-refractivity contribution in [2.24, 2.45) is 5.73 Å². The van der Waals surface area contributed by atoms with E-state index in [1.165, 1.54) is 6.20 Å². The van der Waals surface area contributed by atoms with Crippen molar-refractivity contribution in [2.45, 2.75) is 0 Å². The number of halogens is 1. The topological polar surface area (TPSA) is 68.0 Å². The summed E-state index contributed by atoms with van der Waals surface area (Å²) >= 11 is 7.85. The number of thiocarbonyl (C=S) groups is 1. The summed E-state index contributed by atoms with van der Waals surface area (Å²) in [6.45, 7) is 0.195. The van der Waals surface area contributed by atoms with Crippen LogP contribution in [-0.2, 0) is 0 Å². The lowest BCUT2D eigenvalue weighted by molar-refractivity contribution is 0.0959. The second-order valence-corrected chi connectivity index (χ2v) is 3.98. The molecule has 0 aromatic carbocycles. The lowest BCUT2D eigenvalue weighted by Crippen LogP contribution is -2.32. The van der Waals surface area contributed by atoms with Gasteiger partial charge in [0, 0.05) is 16.9 Å². The van der Waals surface area contributed by atoms with Gasteiger partial charge in [-0.15, -0.1) is 0 Å². The average molecular weight is 274 g/mol. The van der Waals surface area contributed by atoms with Crippen molar-refractivity contribution in [3.8, 4) is 0 Å². The number of aromatic nitrogens is 1. The third-order valence-electron chi connectivity index (χ3n) is 1.39. The van der Waals surface area contributed by atoms with Gasteiger partial charge in [0.15, 0.2) is 0 Å². The fourth-order valence-corrected chi connectivity index (χ4v) is 1.24. The normalized spacial score (nSPS) is 9.50. The number of carbonyl (C=O) groups is 1. The van der Waals surface area contributed by atoms with Crippen molar-refractivity contribution in [2.75, 3.05) is 6.54 Å². The third-order valence-corrected chi connectivity index (χ3v) is 1.97. The zero-order valence-electron chi connectivity index (χ0n) is 7.16. The van der Waals surface area contributed by atoms with Crippen LogP contribution in [0.2, 0.25) is 0 Å². The van der Waals surface area contributed by atoms with E-state index in [2.05, 4.69) is 38.4 Å². The van der Waals surface area contributed by atoms with Crippen LogP contribution in [0.4, 0.5) is 0 Å². The van der Waals surface area contributed by atoms with Crippen LogP contribution in [0.25, 0.3) is 0 Å². The van der Waals surface area contributed by atoms with Gasteiger partial charge < -0.3 is 11.1 Å². The molecular formula is C8H8BrN3OS. The summed E-state index contributed by atoms with van der Waals surface area (Å²) in [6, 6.07) is 1.67. The average Bonchev–Trinajstić information content (AvgIpc) is 2.14. The molecular weight excluding hydrogens is 266 g/mol. The number of amides is 1. The number of nitrogens with zero attached hydrogens (tertiary/aromatic N) is 1. The van der Waals surface area contributed by atoms with Crippen LogP contribution in [0.3, 0.4) is 0 Å². The smallest absolute Gasteiger partial charge is 0.253 e. The summed E-state index contributed by atoms with van der Waals surface area (Å²) in [5.41, 5.74) is 5.71. The molecule has 0 atom stereocenters. The molecule has 0 aliphatic carbocycles. The van der Waals surface area contributed by atoms with E-state index in [4.69, 9.17) is 5.73 Å². The highest BCUT2D eigenvalue weighted by molar-refractivity contribution is 9.10. The maximum absolute atomic E-state index is 11.4. The van der Waals surface area contributed by atoms with Gasteiger partial charge in [0.2, 0.25) is 0 Å². The molecule has 3 N–H and O–H groups in total. The van der Waals surface area contributed by atoms with E-state index >= 15 is 0 Å². The van der Waals surface area contributed by atoms with Crippen molar-refractivity contribution < 1.29 is 4.79 Å². The maximum Gasteiger partial charge on any atom is 0.253 e. The van der Waals surface area contributed by atoms with E-state index < -0.39 is 0 Å². The van der Waals surface area contributed by atoms with Crippen molar-refractivity contribution in [3.05, 3.63) is 28.5 Å². The Hall–Kier alpha value is -1.01. The first-order chi connectivity index (χ1) is 6.59. The van der Waals surface area contributed by atoms with Gasteiger partial charge in [-0.1, -0.05) is 12.2 Å². The number of hydrogen-bond acceptors (Lipinski definition) is 3. The lowest BCUT2D eigenvalue weighted by atomic mass is 10.3. The SMILES string of the molecule is NC(=S)CNC(=O)c1cncc(Br)c1. The van der Waals surface area contributed by atoms with Crippen LogP contribution in [0, 0.1) is 0 Å². The predicted molar refractivity (Wildman–Crippen MR) is 61.1 cm³/mol. The van der Waals surface area contributed by atoms with Gasteiger partial charge in [0.1, 0.15) is 0 Å². The minimum atomic E-state index is -0.244. The molecule has 1 heterocycles. The molecule has 1 aromatic heterocycles. The largest absolute Gasteiger partial charge is 0.392 e. The van der Waals surface area contributed by atoms with E-state index in [-0.39, 0.29) is 17.4 Å². The Morgan fingerprint density at radius 1 is 1.64 bits per heavy atom. The molecule has 0 radical (unpaired) electrons. The number of hydrogen-bond donors (Lipinski definition) is 2. The Bertz CT molecular complexity index is 369. The molecule has 0 aliphatic rings. The van der Waals surface area contributed by atoms with E-state index in [9.17, 15) is 4.79 Å². The first-order valence-corrected chi connectivity index (χ1v) is 4.97. The van der Waals surface area contributed by atoms with Crippen molar-refractivity contribution >= 4 is 39.0 Å². The maximum atomic E-state index is 11.4. The van der Waals surface area contributed by atoms with Gasteiger partial charge in [-0.05, 0) is 22.0 Å². The highest BCUT2D eigenvalue weighted by Gasteiger charge is 2.05. The first kappa shape index (κ1) is 11.1. The fraction of sp³-hybridized carbons (Fsp3) is 0.125. The zero-order valence-corrected chi connectivity index (χ0v) is 9.56. The van der Waals surface area contributed by atoms with Crippen molar-refractivity contribution in [1.82, 2.24) is 10.3 Å². The van der Waals surface area contributed by atoms with Crippen LogP contribution in [0.5, 0.6) is 0 Å². The second kappa shape index (κ2) is 5.02. The van der Waals surface area contributed by atoms with E-state index in [0.29, 0.717) is 5.56 Å². The van der Waals surface area contributed by atoms with Gasteiger partial charge in [0.25, 0.3) is 5.91 Å². The van der Waals surface area contributed by atoms with Crippen molar-refractivity contribution in [3.63, 3.8) is 0 Å². The summed E-state index contributed by atoms with van der Waals surface area (Å²) in [5, 5.41) is 2.56. The zero-order chi connectivity index (χ0) is 10.6. The van der Waals surface area contributed by atoms with Crippen LogP contribution in [0.1, 0.15) is 10.4 Å². The monoisotopic (exact) mass is 273 g/mol. The van der Waals surface area contributed by atoms with Crippen LogP contribution < -0.4 is 11.1 Å². The van der Waals surface area contributed by atoms with Gasteiger partial charge in [-0.3, -0.25) is 9.78 Å². The van der Waals surface area contributed by atoms with Gasteiger partial charge in [-0.25, -0.2) is 0 Å². The van der Waals surface area contributed by atoms with E-state index in [1.54, 1.807) is 12.3 Å². The first-order valence-electron chi connectivity index (χ1n) is 3.76. The minimum Gasteiger partial charge on any atom is -0.392 e. The Kier molecular flexibility index (Phi) is 3.97. The molecule has 0 fully saturated rings. The highest BCUT2D eigenvalue weighted by Crippen LogP contribution is 2.08. The summed E-state index contributed by atoms with van der Waals surface area (Å²) in [4.78, 5) is 15.5. The summed E-state index contributed by atoms with van der Waals surface area (Å²) in [6.07, 6.45) is 3.07. The molecule has 4 nitrogen and oxygen atoms in total. The van der Waals surface area contributed by atoms with Gasteiger partial charge >= 0.3 is 0 Å². The molecule has 0 saturated heterocycles. The molecule has 1 rings (SSSR count). The Morgan fingerprint density at radius 3 is 2.93 bits per heavy atom. The lowest BCUT2D eigenvalue weighted by Gasteiger charge is -2.03. The molecule has 0 unspecified atom stereocenters. The summed E-state index contributed by atoms with van der Waals surface area (Å²) < 4.78 is 0.750. The molecule has 1 amide bonds. The number of pyridine rings is 1. The Labute approximate surface area is 95.0 Å². The Morgan fingerprint density at radius 2 is 2.36 bits per heavy atom. The summed E-state index contributed by atoms with van der Waals surface area (Å²) in [5.74, 6) is -0.244. The molecule has 14 heavy (non-hydrogen) atoms. The molecule has 0 saturated carbocycles. The molecule has 74 valence electrons. The molecule has 1 aromatic rings. The predicted octanol–water partition coefficient (Wildman–Crippen LogP) is 0.860. The highest BCUT2D eigenvalue weighted by atomic mass is 79.9. The van der Waals surface area contributed by atoms with Crippen LogP contribution in [-0.4, -0.2) is 22.4 Å². The van der Waals surface area contributed by atoms with E-state index in [0.717, 1.165) is 4.47 Å². The molecule has 0 aliphatic heterocycles. The van der Waals surface area contributed by atoms with Gasteiger partial charge in [0.05, 0.1) is 17.1 Å². The number of rotatable bonds is 3. The fourth-order valence-electron chi connectivity index (χ4n) is 0.805. The standard InChI is InChI=1S/C8H8BrN3OS/c9-6-1-5(2-11-3-6)8(13)12-4-7(10)14/h1-3H,4H2,(H2,10,14)(H,12,13). The number of carbonyl (C=O) groups excluding carboxylic acids is 1. The minimum absolute atomic E-state index is 0.195. The van der Waals surface area contributed by atoms with E-state index in [1.807, 2.05) is 0 Å². The van der Waals surface area contributed by atoms with Crippen LogP contribution >= 0.6 is 28.1 Å². The molecule has 0 spiro atoms. The van der Waals surface area contributed by atoms with Gasteiger partial charge in [-0.2, -0.15) is 0 Å².